The Hall–Kier alpha value is -2.23. The van der Waals surface area contributed by atoms with Crippen LogP contribution in [0, 0.1) is 11.6 Å². The third kappa shape index (κ3) is 2.10. The minimum Gasteiger partial charge on any atom is -0.374 e. The molecule has 0 aliphatic carbocycles. The lowest BCUT2D eigenvalue weighted by atomic mass is 10.0. The number of rotatable bonds is 2. The highest BCUT2D eigenvalue weighted by Gasteiger charge is 2.27. The van der Waals surface area contributed by atoms with E-state index in [2.05, 4.69) is 5.32 Å². The van der Waals surface area contributed by atoms with Crippen molar-refractivity contribution in [1.29, 1.82) is 0 Å². The molecule has 0 amide bonds. The topological polar surface area (TPSA) is 29.1 Å². The molecule has 1 N–H and O–H groups in total. The first-order valence-corrected chi connectivity index (χ1v) is 5.99. The lowest BCUT2D eigenvalue weighted by Crippen LogP contribution is -2.27. The summed E-state index contributed by atoms with van der Waals surface area (Å²) in [6.45, 7) is 0. The maximum atomic E-state index is 13.1. The fourth-order valence-corrected chi connectivity index (χ4v) is 2.31. The number of benzene rings is 2. The highest BCUT2D eigenvalue weighted by atomic mass is 19.2. The number of hydrogen-bond donors (Lipinski definition) is 1. The fraction of sp³-hybridized carbons (Fsp3) is 0.133. The zero-order chi connectivity index (χ0) is 13.4. The van der Waals surface area contributed by atoms with E-state index in [4.69, 9.17) is 0 Å². The van der Waals surface area contributed by atoms with Gasteiger partial charge in [-0.25, -0.2) is 8.78 Å². The summed E-state index contributed by atoms with van der Waals surface area (Å²) in [5, 5.41) is 3.10. The van der Waals surface area contributed by atoms with Crippen LogP contribution in [0.1, 0.15) is 15.9 Å². The van der Waals surface area contributed by atoms with Crippen molar-refractivity contribution in [1.82, 2.24) is 0 Å². The van der Waals surface area contributed by atoms with Gasteiger partial charge in [0.1, 0.15) is 0 Å². The Balaban J connectivity index is 1.85. The third-order valence-corrected chi connectivity index (χ3v) is 3.29. The van der Waals surface area contributed by atoms with Crippen LogP contribution in [0.5, 0.6) is 0 Å². The van der Waals surface area contributed by atoms with Crippen LogP contribution in [0.2, 0.25) is 0 Å². The molecule has 2 aromatic carbocycles. The van der Waals surface area contributed by atoms with E-state index >= 15 is 0 Å². The fourth-order valence-electron chi connectivity index (χ4n) is 2.31. The van der Waals surface area contributed by atoms with Crippen LogP contribution in [0.3, 0.4) is 0 Å². The van der Waals surface area contributed by atoms with Crippen molar-refractivity contribution in [3.05, 3.63) is 65.2 Å². The van der Waals surface area contributed by atoms with Crippen molar-refractivity contribution in [2.45, 2.75) is 12.5 Å². The first-order chi connectivity index (χ1) is 9.15. The molecule has 1 unspecified atom stereocenters. The number of carbonyl (C=O) groups excluding carboxylic acids is 1. The highest BCUT2D eigenvalue weighted by Crippen LogP contribution is 2.27. The second-order valence-electron chi connectivity index (χ2n) is 4.55. The van der Waals surface area contributed by atoms with Gasteiger partial charge < -0.3 is 5.32 Å². The van der Waals surface area contributed by atoms with Gasteiger partial charge in [-0.1, -0.05) is 18.2 Å². The number of halogens is 2. The van der Waals surface area contributed by atoms with E-state index in [-0.39, 0.29) is 11.3 Å². The van der Waals surface area contributed by atoms with Crippen LogP contribution in [0.25, 0.3) is 0 Å². The Bertz CT molecular complexity index is 629. The molecule has 0 aromatic heterocycles. The second kappa shape index (κ2) is 4.46. The second-order valence-corrected chi connectivity index (χ2v) is 4.55. The molecular formula is C15H11F2NO. The first kappa shape index (κ1) is 11.8. The normalized spacial score (nSPS) is 16.8. The van der Waals surface area contributed by atoms with Crippen molar-refractivity contribution >= 4 is 11.5 Å². The van der Waals surface area contributed by atoms with Gasteiger partial charge in [0.25, 0.3) is 0 Å². The van der Waals surface area contributed by atoms with E-state index in [9.17, 15) is 13.6 Å². The van der Waals surface area contributed by atoms with Crippen molar-refractivity contribution in [2.75, 3.05) is 5.32 Å². The zero-order valence-electron chi connectivity index (χ0n) is 9.99. The first-order valence-electron chi connectivity index (χ1n) is 5.99. The summed E-state index contributed by atoms with van der Waals surface area (Å²) in [4.78, 5) is 12.2. The summed E-state index contributed by atoms with van der Waals surface area (Å²) in [5.74, 6) is -2.17. The standard InChI is InChI=1S/C15H11F2NO/c16-11-6-5-10(7-12(11)17)15(19)14-8-9-3-1-2-4-13(9)18-14/h1-7,14,18H,8H2. The van der Waals surface area contributed by atoms with Crippen molar-refractivity contribution in [2.24, 2.45) is 0 Å². The van der Waals surface area contributed by atoms with Crippen LogP contribution in [-0.2, 0) is 6.42 Å². The zero-order valence-corrected chi connectivity index (χ0v) is 9.99. The van der Waals surface area contributed by atoms with E-state index in [1.165, 1.54) is 6.07 Å². The average molecular weight is 259 g/mol. The predicted octanol–water partition coefficient (Wildman–Crippen LogP) is 3.18. The van der Waals surface area contributed by atoms with Gasteiger partial charge in [-0.15, -0.1) is 0 Å². The molecule has 0 saturated carbocycles. The number of para-hydroxylation sites is 1. The van der Waals surface area contributed by atoms with Gasteiger partial charge in [-0.2, -0.15) is 0 Å². The number of ketones is 1. The van der Waals surface area contributed by atoms with Gasteiger partial charge in [0.2, 0.25) is 0 Å². The minimum absolute atomic E-state index is 0.184. The molecule has 0 saturated heterocycles. The summed E-state index contributed by atoms with van der Waals surface area (Å²) < 4.78 is 26.0. The lowest BCUT2D eigenvalue weighted by molar-refractivity contribution is 0.0971. The average Bonchev–Trinajstić information content (AvgIpc) is 2.85. The monoisotopic (exact) mass is 259 g/mol. The van der Waals surface area contributed by atoms with Crippen molar-refractivity contribution < 1.29 is 13.6 Å². The van der Waals surface area contributed by atoms with E-state index in [0.717, 1.165) is 23.4 Å². The highest BCUT2D eigenvalue weighted by molar-refractivity contribution is 6.02. The number of hydrogen-bond acceptors (Lipinski definition) is 2. The van der Waals surface area contributed by atoms with E-state index < -0.39 is 17.7 Å². The Morgan fingerprint density at radius 2 is 1.89 bits per heavy atom. The molecule has 2 aromatic rings. The molecule has 4 heteroatoms. The molecule has 3 rings (SSSR count). The SMILES string of the molecule is O=C(c1ccc(F)c(F)c1)C1Cc2ccccc2N1. The minimum atomic E-state index is -0.999. The molecule has 19 heavy (non-hydrogen) atoms. The number of fused-ring (bicyclic) bond motifs is 1. The van der Waals surface area contributed by atoms with Crippen LogP contribution in [0.15, 0.2) is 42.5 Å². The van der Waals surface area contributed by atoms with E-state index in [1.807, 2.05) is 24.3 Å². The Labute approximate surface area is 109 Å². The summed E-state index contributed by atoms with van der Waals surface area (Å²) >= 11 is 0. The quantitative estimate of drug-likeness (QED) is 0.839. The lowest BCUT2D eigenvalue weighted by Gasteiger charge is -2.10. The Morgan fingerprint density at radius 1 is 1.11 bits per heavy atom. The van der Waals surface area contributed by atoms with Crippen molar-refractivity contribution in [3.63, 3.8) is 0 Å². The Kier molecular flexibility index (Phi) is 2.78. The molecular weight excluding hydrogens is 248 g/mol. The smallest absolute Gasteiger partial charge is 0.185 e. The Morgan fingerprint density at radius 3 is 2.63 bits per heavy atom. The van der Waals surface area contributed by atoms with Gasteiger partial charge in [-0.05, 0) is 29.8 Å². The largest absolute Gasteiger partial charge is 0.374 e. The summed E-state index contributed by atoms with van der Waals surface area (Å²) in [7, 11) is 0. The molecule has 0 radical (unpaired) electrons. The van der Waals surface area contributed by atoms with Crippen LogP contribution in [0.4, 0.5) is 14.5 Å². The molecule has 96 valence electrons. The molecule has 0 bridgehead atoms. The van der Waals surface area contributed by atoms with E-state index in [0.29, 0.717) is 6.42 Å². The molecule has 1 aliphatic rings. The summed E-state index contributed by atoms with van der Waals surface area (Å²) in [6.07, 6.45) is 0.563. The number of Topliss-reactive ketones (excluding diaryl/α,β-unsaturated/α-hetero) is 1. The van der Waals surface area contributed by atoms with Gasteiger partial charge in [-0.3, -0.25) is 4.79 Å². The maximum absolute atomic E-state index is 13.1. The van der Waals surface area contributed by atoms with Gasteiger partial charge in [0, 0.05) is 17.7 Å². The molecule has 1 aliphatic heterocycles. The molecule has 2 nitrogen and oxygen atoms in total. The number of carbonyl (C=O) groups is 1. The van der Waals surface area contributed by atoms with Crippen LogP contribution >= 0.6 is 0 Å². The van der Waals surface area contributed by atoms with Gasteiger partial charge in [0.15, 0.2) is 17.4 Å². The van der Waals surface area contributed by atoms with Gasteiger partial charge in [0.05, 0.1) is 6.04 Å². The predicted molar refractivity (Wildman–Crippen MR) is 68.2 cm³/mol. The third-order valence-electron chi connectivity index (χ3n) is 3.29. The van der Waals surface area contributed by atoms with Crippen LogP contribution in [-0.4, -0.2) is 11.8 Å². The summed E-state index contributed by atoms with van der Waals surface area (Å²) in [5.41, 5.74) is 2.16. The maximum Gasteiger partial charge on any atom is 0.185 e. The summed E-state index contributed by atoms with van der Waals surface area (Å²) in [6, 6.07) is 10.5. The number of anilines is 1. The van der Waals surface area contributed by atoms with Gasteiger partial charge >= 0.3 is 0 Å². The number of nitrogens with one attached hydrogen (secondary N) is 1. The molecule has 1 atom stereocenters. The van der Waals surface area contributed by atoms with E-state index in [1.54, 1.807) is 0 Å². The van der Waals surface area contributed by atoms with Crippen LogP contribution < -0.4 is 5.32 Å². The molecule has 1 heterocycles. The molecule has 0 fully saturated rings. The molecule has 0 spiro atoms. The van der Waals surface area contributed by atoms with Crippen molar-refractivity contribution in [3.8, 4) is 0 Å².